The molecule has 0 atom stereocenters. The molecule has 1 aliphatic carbocycles. The largest absolute Gasteiger partial charge is 0.465 e. The van der Waals surface area contributed by atoms with Crippen LogP contribution in [0.5, 0.6) is 0 Å². The van der Waals surface area contributed by atoms with Gasteiger partial charge in [-0.2, -0.15) is 0 Å². The summed E-state index contributed by atoms with van der Waals surface area (Å²) in [5.41, 5.74) is -3.31. The zero-order valence-electron chi connectivity index (χ0n) is 19.3. The van der Waals surface area contributed by atoms with Gasteiger partial charge < -0.3 is 18.9 Å². The molecule has 32 heavy (non-hydrogen) atoms. The summed E-state index contributed by atoms with van der Waals surface area (Å²) in [6.07, 6.45) is 0.421. The van der Waals surface area contributed by atoms with Crippen LogP contribution in [0.15, 0.2) is 0 Å². The molecule has 0 amide bonds. The van der Waals surface area contributed by atoms with Gasteiger partial charge in [0.2, 0.25) is 0 Å². The van der Waals surface area contributed by atoms with Crippen LogP contribution in [-0.2, 0) is 38.1 Å². The summed E-state index contributed by atoms with van der Waals surface area (Å²) in [6, 6.07) is 0. The fraction of sp³-hybridized carbons (Fsp3) is 0.667. The molecule has 0 aromatic rings. The average molecular weight is 449 g/mol. The van der Waals surface area contributed by atoms with Crippen molar-refractivity contribution < 1.29 is 38.1 Å². The maximum Gasteiger partial charge on any atom is 0.325 e. The van der Waals surface area contributed by atoms with Gasteiger partial charge in [-0.15, -0.1) is 23.7 Å². The van der Waals surface area contributed by atoms with Gasteiger partial charge >= 0.3 is 23.9 Å². The molecule has 0 aliphatic heterocycles. The monoisotopic (exact) mass is 448 g/mol. The van der Waals surface area contributed by atoms with Crippen LogP contribution in [0, 0.1) is 34.5 Å². The molecule has 0 saturated carbocycles. The van der Waals surface area contributed by atoms with E-state index in [9.17, 15) is 19.2 Å². The topological polar surface area (TPSA) is 105 Å². The number of ether oxygens (including phenoxy) is 4. The molecule has 0 N–H and O–H groups in total. The Balaban J connectivity index is 3.44. The molecule has 0 unspecified atom stereocenters. The van der Waals surface area contributed by atoms with Crippen molar-refractivity contribution in [2.75, 3.05) is 26.4 Å². The standard InChI is InChI=1S/C24H32O8/c1-5-29-19(25)23(20(26)30-6-2)15-11-9-10-12-16-24(18-14-13-17-23,21(27)31-7-3)22(28)32-8-4/h5-9,11,15-18H2,1-4H3. The Hall–Kier alpha value is -3.00. The lowest BCUT2D eigenvalue weighted by molar-refractivity contribution is -0.174. The Kier molecular flexibility index (Phi) is 11.3. The highest BCUT2D eigenvalue weighted by Crippen LogP contribution is 2.34. The third kappa shape index (κ3) is 6.50. The van der Waals surface area contributed by atoms with Crippen LogP contribution >= 0.6 is 0 Å². The first-order chi connectivity index (χ1) is 15.3. The average Bonchev–Trinajstić information content (AvgIpc) is 2.75. The van der Waals surface area contributed by atoms with Crippen molar-refractivity contribution in [1.29, 1.82) is 0 Å². The summed E-state index contributed by atoms with van der Waals surface area (Å²) in [5.74, 6) is 8.42. The molecule has 0 bridgehead atoms. The first-order valence-electron chi connectivity index (χ1n) is 10.9. The number of rotatable bonds is 8. The van der Waals surface area contributed by atoms with E-state index in [4.69, 9.17) is 18.9 Å². The lowest BCUT2D eigenvalue weighted by Gasteiger charge is -2.28. The Morgan fingerprint density at radius 1 is 0.594 bits per heavy atom. The van der Waals surface area contributed by atoms with Crippen LogP contribution in [0.3, 0.4) is 0 Å². The predicted molar refractivity (Wildman–Crippen MR) is 115 cm³/mol. The smallest absolute Gasteiger partial charge is 0.325 e. The molecule has 0 spiro atoms. The fourth-order valence-corrected chi connectivity index (χ4v) is 3.24. The SMILES string of the molecule is CCOC(=O)C1(C(=O)OCC)CC#CCCCC(C(=O)OCC)(C(=O)OCC)CC#CC1. The molecule has 8 heteroatoms. The highest BCUT2D eigenvalue weighted by Gasteiger charge is 2.49. The summed E-state index contributed by atoms with van der Waals surface area (Å²) in [4.78, 5) is 51.1. The van der Waals surface area contributed by atoms with E-state index in [2.05, 4.69) is 23.7 Å². The molecule has 0 radical (unpaired) electrons. The van der Waals surface area contributed by atoms with Crippen molar-refractivity contribution in [1.82, 2.24) is 0 Å². The van der Waals surface area contributed by atoms with Crippen molar-refractivity contribution >= 4 is 23.9 Å². The van der Waals surface area contributed by atoms with Crippen molar-refractivity contribution in [2.24, 2.45) is 10.8 Å². The van der Waals surface area contributed by atoms with Gasteiger partial charge in [-0.3, -0.25) is 19.2 Å². The van der Waals surface area contributed by atoms with Gasteiger partial charge in [0.25, 0.3) is 0 Å². The van der Waals surface area contributed by atoms with Gasteiger partial charge in [0.1, 0.15) is 0 Å². The van der Waals surface area contributed by atoms with Crippen LogP contribution in [0.2, 0.25) is 0 Å². The lowest BCUT2D eigenvalue weighted by atomic mass is 9.78. The van der Waals surface area contributed by atoms with E-state index < -0.39 is 34.7 Å². The van der Waals surface area contributed by atoms with Crippen LogP contribution in [0.4, 0.5) is 0 Å². The molecule has 0 heterocycles. The van der Waals surface area contributed by atoms with Gasteiger partial charge in [0, 0.05) is 25.7 Å². The minimum atomic E-state index is -1.71. The molecule has 1 rings (SSSR count). The minimum absolute atomic E-state index is 0.0790. The van der Waals surface area contributed by atoms with Gasteiger partial charge in [-0.1, -0.05) is 0 Å². The Labute approximate surface area is 189 Å². The molecular weight excluding hydrogens is 416 g/mol. The summed E-state index contributed by atoms with van der Waals surface area (Å²) in [6.45, 7) is 6.93. The molecule has 1 aliphatic rings. The Morgan fingerprint density at radius 2 is 0.938 bits per heavy atom. The summed E-state index contributed by atoms with van der Waals surface area (Å²) in [7, 11) is 0. The predicted octanol–water partition coefficient (Wildman–Crippen LogP) is 2.57. The number of esters is 4. The highest BCUT2D eigenvalue weighted by atomic mass is 16.6. The molecule has 176 valence electrons. The molecule has 0 fully saturated rings. The number of carbonyl (C=O) groups excluding carboxylic acids is 4. The van der Waals surface area contributed by atoms with Crippen LogP contribution in [0.25, 0.3) is 0 Å². The van der Waals surface area contributed by atoms with E-state index in [1.165, 1.54) is 0 Å². The second-order valence-electron chi connectivity index (χ2n) is 7.14. The first kappa shape index (κ1) is 27.0. The molecule has 0 saturated heterocycles. The highest BCUT2D eigenvalue weighted by molar-refractivity contribution is 6.01. The van der Waals surface area contributed by atoms with E-state index in [-0.39, 0.29) is 52.1 Å². The van der Waals surface area contributed by atoms with Crippen LogP contribution in [0.1, 0.15) is 66.2 Å². The number of hydrogen-bond donors (Lipinski definition) is 0. The zero-order valence-corrected chi connectivity index (χ0v) is 19.3. The van der Waals surface area contributed by atoms with Gasteiger partial charge in [-0.25, -0.2) is 0 Å². The van der Waals surface area contributed by atoms with E-state index >= 15 is 0 Å². The lowest BCUT2D eigenvalue weighted by Crippen LogP contribution is -2.42. The summed E-state index contributed by atoms with van der Waals surface area (Å²) >= 11 is 0. The fourth-order valence-electron chi connectivity index (χ4n) is 3.24. The second kappa shape index (κ2) is 13.4. The Morgan fingerprint density at radius 3 is 1.34 bits per heavy atom. The molecule has 8 nitrogen and oxygen atoms in total. The van der Waals surface area contributed by atoms with E-state index in [1.54, 1.807) is 27.7 Å². The van der Waals surface area contributed by atoms with Gasteiger partial charge in [0.15, 0.2) is 10.8 Å². The van der Waals surface area contributed by atoms with Crippen molar-refractivity contribution in [2.45, 2.75) is 66.2 Å². The Bertz CT molecular complexity index is 769. The van der Waals surface area contributed by atoms with Gasteiger partial charge in [0.05, 0.1) is 26.4 Å². The summed E-state index contributed by atoms with van der Waals surface area (Å²) in [5, 5.41) is 0. The second-order valence-corrected chi connectivity index (χ2v) is 7.14. The third-order valence-corrected chi connectivity index (χ3v) is 4.99. The quantitative estimate of drug-likeness (QED) is 0.241. The maximum atomic E-state index is 12.8. The van der Waals surface area contributed by atoms with Crippen molar-refractivity contribution in [3.63, 3.8) is 0 Å². The zero-order chi connectivity index (χ0) is 24.0. The minimum Gasteiger partial charge on any atom is -0.465 e. The van der Waals surface area contributed by atoms with Gasteiger partial charge in [-0.05, 0) is 40.5 Å². The van der Waals surface area contributed by atoms with Crippen LogP contribution in [-0.4, -0.2) is 50.3 Å². The normalized spacial score (nSPS) is 16.9. The number of carbonyl (C=O) groups is 4. The number of hydrogen-bond acceptors (Lipinski definition) is 8. The van der Waals surface area contributed by atoms with Crippen molar-refractivity contribution in [3.05, 3.63) is 0 Å². The van der Waals surface area contributed by atoms with Crippen LogP contribution < -0.4 is 0 Å². The molecular formula is C24H32O8. The third-order valence-electron chi connectivity index (χ3n) is 4.99. The maximum absolute atomic E-state index is 12.8. The van der Waals surface area contributed by atoms with E-state index in [1.807, 2.05) is 0 Å². The first-order valence-corrected chi connectivity index (χ1v) is 10.9. The van der Waals surface area contributed by atoms with E-state index in [0.717, 1.165) is 0 Å². The summed E-state index contributed by atoms with van der Waals surface area (Å²) < 4.78 is 20.6. The molecule has 0 aromatic carbocycles. The molecule has 0 aromatic heterocycles. The van der Waals surface area contributed by atoms with E-state index in [0.29, 0.717) is 12.8 Å². The van der Waals surface area contributed by atoms with Crippen molar-refractivity contribution in [3.8, 4) is 23.7 Å².